The Morgan fingerprint density at radius 1 is 1.11 bits per heavy atom. The Morgan fingerprint density at radius 3 is 2.57 bits per heavy atom. The van der Waals surface area contributed by atoms with E-state index in [1.54, 1.807) is 0 Å². The molecule has 0 spiro atoms. The highest BCUT2D eigenvalue weighted by Crippen LogP contribution is 2.33. The lowest BCUT2D eigenvalue weighted by molar-refractivity contribution is 0.0679. The van der Waals surface area contributed by atoms with E-state index in [9.17, 15) is 4.79 Å². The zero-order valence-electron chi connectivity index (χ0n) is 16.1. The van der Waals surface area contributed by atoms with Crippen molar-refractivity contribution in [2.75, 3.05) is 32.8 Å². The molecule has 1 amide bonds. The lowest BCUT2D eigenvalue weighted by Gasteiger charge is -2.17. The summed E-state index contributed by atoms with van der Waals surface area (Å²) in [6, 6.07) is 17.8. The van der Waals surface area contributed by atoms with Crippen LogP contribution in [0.2, 0.25) is 0 Å². The molecule has 0 saturated carbocycles. The molecule has 0 aromatic heterocycles. The first-order valence-corrected chi connectivity index (χ1v) is 10.1. The number of hydrogen-bond donors (Lipinski definition) is 1. The second kappa shape index (κ2) is 8.76. The third kappa shape index (κ3) is 4.21. The number of nitrogens with zero attached hydrogens (tertiary/aromatic N) is 1. The molecule has 2 fully saturated rings. The number of nitrogens with two attached hydrogens (primary N) is 1. The van der Waals surface area contributed by atoms with Crippen LogP contribution in [-0.2, 0) is 4.74 Å². The number of amides is 1. The summed E-state index contributed by atoms with van der Waals surface area (Å²) in [7, 11) is 0. The molecule has 5 heteroatoms. The third-order valence-corrected chi connectivity index (χ3v) is 5.82. The Morgan fingerprint density at radius 2 is 1.89 bits per heavy atom. The maximum absolute atomic E-state index is 13.0. The SMILES string of the molecule is NC[C@@H]1CN(C(=O)c2ccc(OCC3CCCO3)cc2)C[C@H]1c1ccccc1. The fourth-order valence-electron chi connectivity index (χ4n) is 4.20. The number of hydrogen-bond acceptors (Lipinski definition) is 4. The van der Waals surface area contributed by atoms with E-state index in [1.165, 1.54) is 5.56 Å². The molecule has 0 bridgehead atoms. The zero-order valence-corrected chi connectivity index (χ0v) is 16.1. The van der Waals surface area contributed by atoms with E-state index in [0.29, 0.717) is 43.6 Å². The van der Waals surface area contributed by atoms with Crippen LogP contribution in [0.1, 0.15) is 34.7 Å². The Hall–Kier alpha value is -2.37. The maximum atomic E-state index is 13.0. The van der Waals surface area contributed by atoms with Crippen LogP contribution < -0.4 is 10.5 Å². The van der Waals surface area contributed by atoms with Gasteiger partial charge in [-0.15, -0.1) is 0 Å². The van der Waals surface area contributed by atoms with Crippen LogP contribution in [0.4, 0.5) is 0 Å². The van der Waals surface area contributed by atoms with Gasteiger partial charge in [0.25, 0.3) is 5.91 Å². The van der Waals surface area contributed by atoms with Crippen molar-refractivity contribution in [2.45, 2.75) is 24.9 Å². The van der Waals surface area contributed by atoms with Crippen LogP contribution in [0.5, 0.6) is 5.75 Å². The first-order chi connectivity index (χ1) is 13.7. The van der Waals surface area contributed by atoms with Crippen molar-refractivity contribution in [3.05, 3.63) is 65.7 Å². The molecule has 0 radical (unpaired) electrons. The van der Waals surface area contributed by atoms with Crippen LogP contribution in [0.25, 0.3) is 0 Å². The summed E-state index contributed by atoms with van der Waals surface area (Å²) in [5.74, 6) is 1.42. The lowest BCUT2D eigenvalue weighted by atomic mass is 9.89. The van der Waals surface area contributed by atoms with Gasteiger partial charge in [-0.3, -0.25) is 4.79 Å². The van der Waals surface area contributed by atoms with Crippen LogP contribution >= 0.6 is 0 Å². The van der Waals surface area contributed by atoms with Crippen LogP contribution in [0, 0.1) is 5.92 Å². The minimum Gasteiger partial charge on any atom is -0.491 e. The van der Waals surface area contributed by atoms with Gasteiger partial charge in [0, 0.05) is 31.2 Å². The molecule has 2 saturated heterocycles. The molecule has 1 unspecified atom stereocenters. The summed E-state index contributed by atoms with van der Waals surface area (Å²) in [4.78, 5) is 14.9. The van der Waals surface area contributed by atoms with E-state index in [-0.39, 0.29) is 12.0 Å². The molecule has 2 N–H and O–H groups in total. The molecule has 5 nitrogen and oxygen atoms in total. The summed E-state index contributed by atoms with van der Waals surface area (Å²) < 4.78 is 11.4. The van der Waals surface area contributed by atoms with Crippen molar-refractivity contribution < 1.29 is 14.3 Å². The largest absolute Gasteiger partial charge is 0.491 e. The van der Waals surface area contributed by atoms with E-state index >= 15 is 0 Å². The number of benzene rings is 2. The summed E-state index contributed by atoms with van der Waals surface area (Å²) >= 11 is 0. The van der Waals surface area contributed by atoms with Gasteiger partial charge in [0.05, 0.1) is 6.10 Å². The molecular weight excluding hydrogens is 352 g/mol. The highest BCUT2D eigenvalue weighted by Gasteiger charge is 2.35. The quantitative estimate of drug-likeness (QED) is 0.837. The Labute approximate surface area is 166 Å². The molecule has 2 aromatic carbocycles. The normalized spacial score (nSPS) is 24.5. The monoisotopic (exact) mass is 380 g/mol. The summed E-state index contributed by atoms with van der Waals surface area (Å²) in [6.45, 7) is 3.38. The van der Waals surface area contributed by atoms with E-state index in [1.807, 2.05) is 47.4 Å². The Bertz CT molecular complexity index is 772. The summed E-state index contributed by atoms with van der Waals surface area (Å²) in [6.07, 6.45) is 2.34. The molecule has 4 rings (SSSR count). The molecule has 2 heterocycles. The minimum atomic E-state index is 0.0579. The van der Waals surface area contributed by atoms with E-state index in [0.717, 1.165) is 25.2 Å². The fraction of sp³-hybridized carbons (Fsp3) is 0.435. The standard InChI is InChI=1S/C23H28N2O3/c24-13-19-14-25(15-22(19)17-5-2-1-3-6-17)23(26)18-8-10-20(11-9-18)28-16-21-7-4-12-27-21/h1-3,5-6,8-11,19,21-22H,4,7,12-16,24H2/t19-,21?,22+/m1/s1. The summed E-state index contributed by atoms with van der Waals surface area (Å²) in [5, 5.41) is 0. The van der Waals surface area contributed by atoms with Crippen molar-refractivity contribution in [1.29, 1.82) is 0 Å². The number of likely N-dealkylation sites (tertiary alicyclic amines) is 1. The lowest BCUT2D eigenvalue weighted by Crippen LogP contribution is -2.29. The van der Waals surface area contributed by atoms with Crippen molar-refractivity contribution in [3.8, 4) is 5.75 Å². The molecule has 2 aromatic rings. The van der Waals surface area contributed by atoms with Crippen molar-refractivity contribution in [2.24, 2.45) is 11.7 Å². The van der Waals surface area contributed by atoms with Gasteiger partial charge in [-0.25, -0.2) is 0 Å². The second-order valence-electron chi connectivity index (χ2n) is 7.69. The average molecular weight is 380 g/mol. The minimum absolute atomic E-state index is 0.0579. The van der Waals surface area contributed by atoms with Gasteiger partial charge in [-0.2, -0.15) is 0 Å². The van der Waals surface area contributed by atoms with Crippen LogP contribution in [0.15, 0.2) is 54.6 Å². The van der Waals surface area contributed by atoms with Gasteiger partial charge < -0.3 is 20.1 Å². The fourth-order valence-corrected chi connectivity index (χ4v) is 4.20. The van der Waals surface area contributed by atoms with Gasteiger partial charge in [0.15, 0.2) is 0 Å². The van der Waals surface area contributed by atoms with Crippen molar-refractivity contribution >= 4 is 5.91 Å². The van der Waals surface area contributed by atoms with Crippen LogP contribution in [0.3, 0.4) is 0 Å². The first kappa shape index (κ1) is 19.0. The van der Waals surface area contributed by atoms with Crippen molar-refractivity contribution in [1.82, 2.24) is 4.90 Å². The van der Waals surface area contributed by atoms with E-state index in [2.05, 4.69) is 12.1 Å². The van der Waals surface area contributed by atoms with Gasteiger partial charge in [0.2, 0.25) is 0 Å². The molecule has 28 heavy (non-hydrogen) atoms. The maximum Gasteiger partial charge on any atom is 0.253 e. The Balaban J connectivity index is 1.38. The van der Waals surface area contributed by atoms with Crippen LogP contribution in [-0.4, -0.2) is 49.8 Å². The van der Waals surface area contributed by atoms with Gasteiger partial charge in [-0.1, -0.05) is 30.3 Å². The second-order valence-corrected chi connectivity index (χ2v) is 7.69. The molecule has 2 aliphatic heterocycles. The molecular formula is C23H28N2O3. The van der Waals surface area contributed by atoms with Gasteiger partial charge >= 0.3 is 0 Å². The number of carbonyl (C=O) groups is 1. The number of carbonyl (C=O) groups excluding carboxylic acids is 1. The highest BCUT2D eigenvalue weighted by molar-refractivity contribution is 5.94. The summed E-state index contributed by atoms with van der Waals surface area (Å²) in [5.41, 5.74) is 7.95. The van der Waals surface area contributed by atoms with Crippen molar-refractivity contribution in [3.63, 3.8) is 0 Å². The number of ether oxygens (including phenoxy) is 2. The predicted octanol–water partition coefficient (Wildman–Crippen LogP) is 3.06. The predicted molar refractivity (Wildman–Crippen MR) is 109 cm³/mol. The smallest absolute Gasteiger partial charge is 0.253 e. The number of rotatable bonds is 6. The van der Waals surface area contributed by atoms with E-state index < -0.39 is 0 Å². The molecule has 148 valence electrons. The van der Waals surface area contributed by atoms with Gasteiger partial charge in [-0.05, 0) is 55.1 Å². The van der Waals surface area contributed by atoms with E-state index in [4.69, 9.17) is 15.2 Å². The molecule has 3 atom stereocenters. The molecule has 0 aliphatic carbocycles. The highest BCUT2D eigenvalue weighted by atomic mass is 16.5. The topological polar surface area (TPSA) is 64.8 Å². The molecule has 2 aliphatic rings. The average Bonchev–Trinajstić information content (AvgIpc) is 3.42. The Kier molecular flexibility index (Phi) is 5.93. The zero-order chi connectivity index (χ0) is 19.3. The third-order valence-electron chi connectivity index (χ3n) is 5.82. The van der Waals surface area contributed by atoms with Gasteiger partial charge in [0.1, 0.15) is 12.4 Å². The first-order valence-electron chi connectivity index (χ1n) is 10.1.